The first-order chi connectivity index (χ1) is 7.22. The van der Waals surface area contributed by atoms with E-state index >= 15 is 0 Å². The second-order valence-electron chi connectivity index (χ2n) is 3.25. The number of rotatable bonds is 2. The molecule has 2 rings (SSSR count). The zero-order valence-electron chi connectivity index (χ0n) is 8.33. The van der Waals surface area contributed by atoms with Gasteiger partial charge in [-0.05, 0) is 24.6 Å². The van der Waals surface area contributed by atoms with Crippen molar-refractivity contribution >= 4 is 11.6 Å². The number of aromatic nitrogens is 2. The molecule has 0 aliphatic carbocycles. The summed E-state index contributed by atoms with van der Waals surface area (Å²) in [7, 11) is 0. The van der Waals surface area contributed by atoms with Crippen molar-refractivity contribution in [3.8, 4) is 5.69 Å². The maximum Gasteiger partial charge on any atom is 0.330 e. The minimum atomic E-state index is -0.130. The number of hydrogen-bond acceptors (Lipinski definition) is 1. The Labute approximate surface area is 92.3 Å². The average molecular weight is 223 g/mol. The highest BCUT2D eigenvalue weighted by atomic mass is 35.5. The van der Waals surface area contributed by atoms with Crippen LogP contribution in [0, 0.1) is 0 Å². The summed E-state index contributed by atoms with van der Waals surface area (Å²) < 4.78 is 1.63. The van der Waals surface area contributed by atoms with E-state index < -0.39 is 0 Å². The van der Waals surface area contributed by atoms with Crippen LogP contribution in [0.2, 0.25) is 5.02 Å². The molecule has 0 radical (unpaired) electrons. The summed E-state index contributed by atoms with van der Waals surface area (Å²) >= 11 is 5.88. The van der Waals surface area contributed by atoms with Crippen molar-refractivity contribution in [3.63, 3.8) is 0 Å². The summed E-state index contributed by atoms with van der Waals surface area (Å²) in [6, 6.07) is 7.25. The Hall–Kier alpha value is -1.48. The molecule has 0 saturated carbocycles. The summed E-state index contributed by atoms with van der Waals surface area (Å²) in [5.41, 5.74) is 1.61. The average Bonchev–Trinajstić information content (AvgIpc) is 2.59. The summed E-state index contributed by atoms with van der Waals surface area (Å²) in [6.45, 7) is 2.00. The van der Waals surface area contributed by atoms with Gasteiger partial charge in [0.15, 0.2) is 0 Å². The third kappa shape index (κ3) is 1.83. The van der Waals surface area contributed by atoms with E-state index in [0.29, 0.717) is 5.02 Å². The Morgan fingerprint density at radius 2 is 2.27 bits per heavy atom. The third-order valence-electron chi connectivity index (χ3n) is 2.28. The number of nitrogens with zero attached hydrogens (tertiary/aromatic N) is 1. The molecule has 0 aliphatic heterocycles. The zero-order valence-corrected chi connectivity index (χ0v) is 9.08. The topological polar surface area (TPSA) is 37.8 Å². The van der Waals surface area contributed by atoms with Crippen LogP contribution in [0.1, 0.15) is 12.6 Å². The fourth-order valence-corrected chi connectivity index (χ4v) is 1.75. The van der Waals surface area contributed by atoms with E-state index in [1.807, 2.05) is 19.1 Å². The van der Waals surface area contributed by atoms with Crippen LogP contribution in [-0.4, -0.2) is 9.55 Å². The molecule has 4 heteroatoms. The van der Waals surface area contributed by atoms with Crippen LogP contribution in [0.3, 0.4) is 0 Å². The van der Waals surface area contributed by atoms with Gasteiger partial charge >= 0.3 is 5.69 Å². The minimum Gasteiger partial charge on any atom is -0.312 e. The molecule has 15 heavy (non-hydrogen) atoms. The van der Waals surface area contributed by atoms with Gasteiger partial charge in [0.2, 0.25) is 0 Å². The van der Waals surface area contributed by atoms with Crippen LogP contribution in [0.25, 0.3) is 5.69 Å². The normalized spacial score (nSPS) is 10.5. The standard InChI is InChI=1S/C11H11ClN2O/c1-2-9-7-13-11(15)14(9)10-5-3-4-8(12)6-10/h3-7H,2H2,1H3,(H,13,15). The Balaban J connectivity index is 2.62. The number of imidazole rings is 1. The highest BCUT2D eigenvalue weighted by Crippen LogP contribution is 2.14. The number of aryl methyl sites for hydroxylation is 1. The lowest BCUT2D eigenvalue weighted by Gasteiger charge is -2.05. The maximum absolute atomic E-state index is 11.6. The predicted octanol–water partition coefficient (Wildman–Crippen LogP) is 2.38. The number of benzene rings is 1. The number of H-pyrrole nitrogens is 1. The molecule has 0 bridgehead atoms. The molecule has 1 heterocycles. The molecule has 1 aromatic heterocycles. The van der Waals surface area contributed by atoms with E-state index in [2.05, 4.69) is 4.98 Å². The van der Waals surface area contributed by atoms with Gasteiger partial charge in [-0.15, -0.1) is 0 Å². The summed E-state index contributed by atoms with van der Waals surface area (Å²) in [6.07, 6.45) is 2.52. The van der Waals surface area contributed by atoms with Crippen molar-refractivity contribution in [2.45, 2.75) is 13.3 Å². The molecule has 0 spiro atoms. The van der Waals surface area contributed by atoms with Crippen LogP contribution in [0.15, 0.2) is 35.3 Å². The van der Waals surface area contributed by atoms with Crippen LogP contribution in [0.5, 0.6) is 0 Å². The van der Waals surface area contributed by atoms with Gasteiger partial charge in [-0.25, -0.2) is 4.79 Å². The lowest BCUT2D eigenvalue weighted by Crippen LogP contribution is -2.16. The minimum absolute atomic E-state index is 0.130. The Morgan fingerprint density at radius 1 is 1.47 bits per heavy atom. The molecule has 1 aromatic carbocycles. The third-order valence-corrected chi connectivity index (χ3v) is 2.52. The summed E-state index contributed by atoms with van der Waals surface area (Å²) in [5.74, 6) is 0. The molecule has 0 aliphatic rings. The number of halogens is 1. The lowest BCUT2D eigenvalue weighted by atomic mass is 10.3. The monoisotopic (exact) mass is 222 g/mol. The van der Waals surface area contributed by atoms with Gasteiger partial charge in [-0.3, -0.25) is 4.57 Å². The molecule has 0 atom stereocenters. The lowest BCUT2D eigenvalue weighted by molar-refractivity contribution is 0.899. The Morgan fingerprint density at radius 3 is 2.93 bits per heavy atom. The molecule has 0 amide bonds. The second kappa shape index (κ2) is 3.95. The molecule has 0 fully saturated rings. The fraction of sp³-hybridized carbons (Fsp3) is 0.182. The highest BCUT2D eigenvalue weighted by Gasteiger charge is 2.06. The van der Waals surface area contributed by atoms with Crippen molar-refractivity contribution in [2.75, 3.05) is 0 Å². The second-order valence-corrected chi connectivity index (χ2v) is 3.69. The first-order valence-corrected chi connectivity index (χ1v) is 5.15. The molecular weight excluding hydrogens is 212 g/mol. The molecular formula is C11H11ClN2O. The zero-order chi connectivity index (χ0) is 10.8. The van der Waals surface area contributed by atoms with Gasteiger partial charge in [0.05, 0.1) is 5.69 Å². The van der Waals surface area contributed by atoms with Gasteiger partial charge in [0, 0.05) is 16.9 Å². The van der Waals surface area contributed by atoms with Crippen molar-refractivity contribution in [2.24, 2.45) is 0 Å². The Kier molecular flexibility index (Phi) is 2.64. The molecule has 0 saturated heterocycles. The van der Waals surface area contributed by atoms with Gasteiger partial charge in [-0.2, -0.15) is 0 Å². The molecule has 78 valence electrons. The van der Waals surface area contributed by atoms with E-state index in [9.17, 15) is 4.79 Å². The van der Waals surface area contributed by atoms with E-state index in [-0.39, 0.29) is 5.69 Å². The fourth-order valence-electron chi connectivity index (χ4n) is 1.56. The van der Waals surface area contributed by atoms with Crippen LogP contribution in [0.4, 0.5) is 0 Å². The van der Waals surface area contributed by atoms with Crippen LogP contribution >= 0.6 is 11.6 Å². The van der Waals surface area contributed by atoms with Crippen LogP contribution in [-0.2, 0) is 6.42 Å². The van der Waals surface area contributed by atoms with Gasteiger partial charge < -0.3 is 4.98 Å². The van der Waals surface area contributed by atoms with Crippen molar-refractivity contribution < 1.29 is 0 Å². The van der Waals surface area contributed by atoms with E-state index in [4.69, 9.17) is 11.6 Å². The smallest absolute Gasteiger partial charge is 0.312 e. The first-order valence-electron chi connectivity index (χ1n) is 4.77. The van der Waals surface area contributed by atoms with E-state index in [0.717, 1.165) is 17.8 Å². The number of nitrogens with one attached hydrogen (secondary N) is 1. The quantitative estimate of drug-likeness (QED) is 0.833. The molecule has 0 unspecified atom stereocenters. The first kappa shape index (κ1) is 10.1. The van der Waals surface area contributed by atoms with E-state index in [1.54, 1.807) is 22.9 Å². The summed E-state index contributed by atoms with van der Waals surface area (Å²) in [5, 5.41) is 0.627. The number of hydrogen-bond donors (Lipinski definition) is 1. The molecule has 1 N–H and O–H groups in total. The molecule has 3 nitrogen and oxygen atoms in total. The van der Waals surface area contributed by atoms with Gasteiger partial charge in [0.25, 0.3) is 0 Å². The van der Waals surface area contributed by atoms with Gasteiger partial charge in [-0.1, -0.05) is 24.6 Å². The highest BCUT2D eigenvalue weighted by molar-refractivity contribution is 6.30. The number of aromatic amines is 1. The maximum atomic E-state index is 11.6. The molecule has 2 aromatic rings. The summed E-state index contributed by atoms with van der Waals surface area (Å²) in [4.78, 5) is 14.2. The van der Waals surface area contributed by atoms with Crippen molar-refractivity contribution in [1.82, 2.24) is 9.55 Å². The van der Waals surface area contributed by atoms with Crippen molar-refractivity contribution in [1.29, 1.82) is 0 Å². The van der Waals surface area contributed by atoms with Gasteiger partial charge in [0.1, 0.15) is 0 Å². The van der Waals surface area contributed by atoms with Crippen molar-refractivity contribution in [3.05, 3.63) is 51.7 Å². The van der Waals surface area contributed by atoms with Crippen LogP contribution < -0.4 is 5.69 Å². The Bertz CT molecular complexity index is 527. The van der Waals surface area contributed by atoms with E-state index in [1.165, 1.54) is 0 Å². The predicted molar refractivity (Wildman–Crippen MR) is 60.8 cm³/mol. The largest absolute Gasteiger partial charge is 0.330 e. The SMILES string of the molecule is CCc1c[nH]c(=O)n1-c1cccc(Cl)c1.